The Morgan fingerprint density at radius 1 is 1.17 bits per heavy atom. The molecule has 0 amide bonds. The predicted octanol–water partition coefficient (Wildman–Crippen LogP) is 3.70. The lowest BCUT2D eigenvalue weighted by molar-refractivity contribution is 0.191. The Balaban J connectivity index is 3.10. The molecule has 0 heterocycles. The van der Waals surface area contributed by atoms with Crippen molar-refractivity contribution in [3.8, 4) is 0 Å². The fourth-order valence-corrected chi connectivity index (χ4v) is 3.07. The highest BCUT2D eigenvalue weighted by molar-refractivity contribution is 9.11. The van der Waals surface area contributed by atoms with Crippen LogP contribution in [0.3, 0.4) is 0 Å². The van der Waals surface area contributed by atoms with Crippen molar-refractivity contribution in [2.75, 3.05) is 7.11 Å². The minimum atomic E-state index is 0.178. The van der Waals surface area contributed by atoms with Crippen LogP contribution < -0.4 is 0 Å². The predicted molar refractivity (Wildman–Crippen MR) is 55.1 cm³/mol. The molecule has 0 unspecified atom stereocenters. The molecule has 0 spiro atoms. The summed E-state index contributed by atoms with van der Waals surface area (Å²) in [6.07, 6.45) is 1.14. The summed E-state index contributed by atoms with van der Waals surface area (Å²) < 4.78 is 6.63. The lowest BCUT2D eigenvalue weighted by Crippen LogP contribution is -2.15. The average Bonchev–Trinajstić information content (AvgIpc) is 1.98. The highest BCUT2D eigenvalue weighted by atomic mass is 79.9. The SMILES string of the molecule is COC1=C(Br)C(C)(C)CC1(C)C. The van der Waals surface area contributed by atoms with Gasteiger partial charge < -0.3 is 4.74 Å². The Bertz CT molecular complexity index is 226. The molecule has 12 heavy (non-hydrogen) atoms. The zero-order chi connectivity index (χ0) is 9.57. The maximum Gasteiger partial charge on any atom is 0.112 e. The van der Waals surface area contributed by atoms with E-state index in [0.29, 0.717) is 0 Å². The van der Waals surface area contributed by atoms with Gasteiger partial charge in [-0.15, -0.1) is 0 Å². The Morgan fingerprint density at radius 2 is 1.67 bits per heavy atom. The van der Waals surface area contributed by atoms with Crippen LogP contribution in [0.1, 0.15) is 34.1 Å². The molecule has 0 bridgehead atoms. The number of methoxy groups -OCH3 is 1. The van der Waals surface area contributed by atoms with E-state index >= 15 is 0 Å². The maximum absolute atomic E-state index is 5.41. The second-order valence-corrected chi connectivity index (χ2v) is 5.58. The molecule has 70 valence electrons. The summed E-state index contributed by atoms with van der Waals surface area (Å²) >= 11 is 3.62. The van der Waals surface area contributed by atoms with E-state index in [1.807, 2.05) is 0 Å². The topological polar surface area (TPSA) is 9.23 Å². The van der Waals surface area contributed by atoms with Gasteiger partial charge in [0.15, 0.2) is 0 Å². The quantitative estimate of drug-likeness (QED) is 0.671. The fraction of sp³-hybridized carbons (Fsp3) is 0.800. The smallest absolute Gasteiger partial charge is 0.112 e. The highest BCUT2D eigenvalue weighted by Crippen LogP contribution is 2.54. The van der Waals surface area contributed by atoms with Crippen LogP contribution >= 0.6 is 15.9 Å². The molecule has 0 aromatic rings. The summed E-state index contributed by atoms with van der Waals surface area (Å²) in [6, 6.07) is 0. The lowest BCUT2D eigenvalue weighted by Gasteiger charge is -2.23. The van der Waals surface area contributed by atoms with E-state index in [-0.39, 0.29) is 10.8 Å². The van der Waals surface area contributed by atoms with Crippen molar-refractivity contribution in [3.05, 3.63) is 10.2 Å². The summed E-state index contributed by atoms with van der Waals surface area (Å²) in [5.41, 5.74) is 0.409. The first-order chi connectivity index (χ1) is 5.31. The van der Waals surface area contributed by atoms with Crippen LogP contribution in [0.4, 0.5) is 0 Å². The van der Waals surface area contributed by atoms with E-state index in [1.54, 1.807) is 7.11 Å². The Labute approximate surface area is 83.3 Å². The van der Waals surface area contributed by atoms with Gasteiger partial charge in [-0.1, -0.05) is 43.6 Å². The van der Waals surface area contributed by atoms with Crippen LogP contribution in [0.2, 0.25) is 0 Å². The van der Waals surface area contributed by atoms with Gasteiger partial charge in [-0.2, -0.15) is 0 Å². The molecule has 0 N–H and O–H groups in total. The molecule has 0 saturated carbocycles. The summed E-state index contributed by atoms with van der Waals surface area (Å²) in [5, 5.41) is 0. The van der Waals surface area contributed by atoms with Gasteiger partial charge in [-0.3, -0.25) is 0 Å². The van der Waals surface area contributed by atoms with Gasteiger partial charge in [-0.05, 0) is 6.42 Å². The van der Waals surface area contributed by atoms with Gasteiger partial charge in [0.25, 0.3) is 0 Å². The van der Waals surface area contributed by atoms with Crippen LogP contribution in [-0.2, 0) is 4.74 Å². The van der Waals surface area contributed by atoms with Crippen molar-refractivity contribution in [2.45, 2.75) is 34.1 Å². The number of halogens is 1. The van der Waals surface area contributed by atoms with Crippen LogP contribution in [0.15, 0.2) is 10.2 Å². The molecule has 0 aliphatic heterocycles. The molecule has 0 aromatic heterocycles. The Kier molecular flexibility index (Phi) is 2.32. The second-order valence-electron chi connectivity index (χ2n) is 4.79. The van der Waals surface area contributed by atoms with E-state index in [9.17, 15) is 0 Å². The number of allylic oxidation sites excluding steroid dienone is 2. The molecule has 0 fully saturated rings. The van der Waals surface area contributed by atoms with Crippen molar-refractivity contribution in [1.82, 2.24) is 0 Å². The zero-order valence-corrected chi connectivity index (χ0v) is 10.1. The molecule has 0 radical (unpaired) electrons. The fourth-order valence-electron chi connectivity index (χ4n) is 2.23. The van der Waals surface area contributed by atoms with Gasteiger partial charge in [-0.25, -0.2) is 0 Å². The third-order valence-corrected chi connectivity index (χ3v) is 3.93. The summed E-state index contributed by atoms with van der Waals surface area (Å²) in [5.74, 6) is 1.10. The van der Waals surface area contributed by atoms with Crippen molar-refractivity contribution in [2.24, 2.45) is 10.8 Å². The zero-order valence-electron chi connectivity index (χ0n) is 8.49. The average molecular weight is 233 g/mol. The second kappa shape index (κ2) is 2.76. The van der Waals surface area contributed by atoms with Crippen LogP contribution in [0, 0.1) is 10.8 Å². The first kappa shape index (κ1) is 10.1. The normalized spacial score (nSPS) is 26.2. The first-order valence-corrected chi connectivity index (χ1v) is 5.05. The minimum Gasteiger partial charge on any atom is -0.500 e. The molecule has 0 atom stereocenters. The summed E-state index contributed by atoms with van der Waals surface area (Å²) in [6.45, 7) is 8.93. The summed E-state index contributed by atoms with van der Waals surface area (Å²) in [4.78, 5) is 0. The first-order valence-electron chi connectivity index (χ1n) is 4.26. The molecular formula is C10H17BrO. The van der Waals surface area contributed by atoms with Gasteiger partial charge >= 0.3 is 0 Å². The van der Waals surface area contributed by atoms with Gasteiger partial charge in [0.2, 0.25) is 0 Å². The highest BCUT2D eigenvalue weighted by Gasteiger charge is 2.44. The molecule has 2 heteroatoms. The number of ether oxygens (including phenoxy) is 1. The Hall–Kier alpha value is 0.0200. The van der Waals surface area contributed by atoms with E-state index in [0.717, 1.165) is 12.2 Å². The van der Waals surface area contributed by atoms with Gasteiger partial charge in [0.1, 0.15) is 5.76 Å². The lowest BCUT2D eigenvalue weighted by atomic mass is 9.83. The largest absolute Gasteiger partial charge is 0.500 e. The molecular weight excluding hydrogens is 216 g/mol. The maximum atomic E-state index is 5.41. The number of rotatable bonds is 1. The van der Waals surface area contributed by atoms with Crippen molar-refractivity contribution < 1.29 is 4.74 Å². The number of hydrogen-bond acceptors (Lipinski definition) is 1. The molecule has 0 saturated heterocycles. The van der Waals surface area contributed by atoms with E-state index < -0.39 is 0 Å². The van der Waals surface area contributed by atoms with E-state index in [4.69, 9.17) is 4.74 Å². The van der Waals surface area contributed by atoms with Crippen molar-refractivity contribution in [3.63, 3.8) is 0 Å². The van der Waals surface area contributed by atoms with Crippen molar-refractivity contribution in [1.29, 1.82) is 0 Å². The van der Waals surface area contributed by atoms with Gasteiger partial charge in [0.05, 0.1) is 7.11 Å². The molecule has 1 nitrogen and oxygen atoms in total. The number of hydrogen-bond donors (Lipinski definition) is 0. The minimum absolute atomic E-state index is 0.178. The van der Waals surface area contributed by atoms with Crippen molar-refractivity contribution >= 4 is 15.9 Å². The van der Waals surface area contributed by atoms with Crippen LogP contribution in [0.5, 0.6) is 0 Å². The van der Waals surface area contributed by atoms with Gasteiger partial charge in [0, 0.05) is 15.3 Å². The van der Waals surface area contributed by atoms with E-state index in [1.165, 1.54) is 4.48 Å². The van der Waals surface area contributed by atoms with E-state index in [2.05, 4.69) is 43.6 Å². The monoisotopic (exact) mass is 232 g/mol. The molecule has 1 aliphatic rings. The summed E-state index contributed by atoms with van der Waals surface area (Å²) in [7, 11) is 1.75. The molecule has 1 rings (SSSR count). The third kappa shape index (κ3) is 1.41. The van der Waals surface area contributed by atoms with Crippen LogP contribution in [-0.4, -0.2) is 7.11 Å². The molecule has 1 aliphatic carbocycles. The third-order valence-electron chi connectivity index (χ3n) is 2.50. The molecule has 0 aromatic carbocycles. The van der Waals surface area contributed by atoms with Crippen LogP contribution in [0.25, 0.3) is 0 Å². The standard InChI is InChI=1S/C10H17BrO/c1-9(2)6-10(3,4)8(12-5)7(9)11/h6H2,1-5H3. The Morgan fingerprint density at radius 3 is 1.83 bits per heavy atom.